The van der Waals surface area contributed by atoms with Crippen LogP contribution in [0.5, 0.6) is 5.75 Å². The van der Waals surface area contributed by atoms with E-state index in [1.165, 1.54) is 5.56 Å². The Bertz CT molecular complexity index is 382. The first-order valence-corrected chi connectivity index (χ1v) is 7.39. The molecule has 0 atom stereocenters. The van der Waals surface area contributed by atoms with Gasteiger partial charge >= 0.3 is 0 Å². The van der Waals surface area contributed by atoms with Crippen LogP contribution in [0.2, 0.25) is 0 Å². The maximum atomic E-state index is 5.29. The van der Waals surface area contributed by atoms with Crippen LogP contribution in [0.1, 0.15) is 19.4 Å². The Morgan fingerprint density at radius 3 is 2.58 bits per heavy atom. The molecule has 0 aliphatic carbocycles. The second kappa shape index (κ2) is 8.56. The number of hydrogen-bond donors (Lipinski definition) is 0. The summed E-state index contributed by atoms with van der Waals surface area (Å²) in [6.45, 7) is 8.14. The van der Waals surface area contributed by atoms with Crippen molar-refractivity contribution in [1.29, 1.82) is 0 Å². The van der Waals surface area contributed by atoms with Gasteiger partial charge in [0, 0.05) is 31.2 Å². The third kappa shape index (κ3) is 5.93. The average molecular weight is 330 g/mol. The molecule has 0 spiro atoms. The number of methoxy groups -OCH3 is 2. The van der Waals surface area contributed by atoms with Crippen molar-refractivity contribution < 1.29 is 9.47 Å². The zero-order valence-electron chi connectivity index (χ0n) is 12.3. The molecular formula is C15H24BrNO2. The Balaban J connectivity index is 2.76. The fraction of sp³-hybridized carbons (Fsp3) is 0.600. The normalized spacial score (nSPS) is 11.3. The van der Waals surface area contributed by atoms with Crippen LogP contribution in [-0.2, 0) is 11.3 Å². The van der Waals surface area contributed by atoms with Gasteiger partial charge in [-0.3, -0.25) is 4.90 Å². The van der Waals surface area contributed by atoms with E-state index in [0.717, 1.165) is 36.5 Å². The van der Waals surface area contributed by atoms with Gasteiger partial charge in [-0.15, -0.1) is 0 Å². The van der Waals surface area contributed by atoms with Crippen molar-refractivity contribution in [2.75, 3.05) is 33.9 Å². The first kappa shape index (κ1) is 16.5. The topological polar surface area (TPSA) is 21.7 Å². The number of ether oxygens (including phenoxy) is 2. The van der Waals surface area contributed by atoms with Crippen molar-refractivity contribution in [2.24, 2.45) is 5.92 Å². The molecule has 0 bridgehead atoms. The second-order valence-corrected chi connectivity index (χ2v) is 5.93. The van der Waals surface area contributed by atoms with Gasteiger partial charge in [0.15, 0.2) is 0 Å². The van der Waals surface area contributed by atoms with Gasteiger partial charge < -0.3 is 9.47 Å². The van der Waals surface area contributed by atoms with E-state index in [1.807, 2.05) is 12.1 Å². The van der Waals surface area contributed by atoms with Crippen LogP contribution in [0.15, 0.2) is 22.7 Å². The Hall–Kier alpha value is -0.580. The number of nitrogens with zero attached hydrogens (tertiary/aromatic N) is 1. The van der Waals surface area contributed by atoms with Crippen LogP contribution in [-0.4, -0.2) is 38.8 Å². The quantitative estimate of drug-likeness (QED) is 0.727. The fourth-order valence-electron chi connectivity index (χ4n) is 2.01. The Labute approximate surface area is 125 Å². The molecule has 1 aromatic rings. The molecule has 0 unspecified atom stereocenters. The number of benzene rings is 1. The Morgan fingerprint density at radius 1 is 1.26 bits per heavy atom. The van der Waals surface area contributed by atoms with Crippen LogP contribution in [0.4, 0.5) is 0 Å². The molecule has 0 saturated heterocycles. The third-order valence-electron chi connectivity index (χ3n) is 2.88. The van der Waals surface area contributed by atoms with E-state index in [0.29, 0.717) is 5.92 Å². The predicted octanol–water partition coefficient (Wildman–Crippen LogP) is 3.56. The van der Waals surface area contributed by atoms with Gasteiger partial charge in [-0.1, -0.05) is 29.8 Å². The Morgan fingerprint density at radius 2 is 2.00 bits per heavy atom. The molecule has 0 fully saturated rings. The molecule has 3 nitrogen and oxygen atoms in total. The Kier molecular flexibility index (Phi) is 7.42. The highest BCUT2D eigenvalue weighted by atomic mass is 79.9. The van der Waals surface area contributed by atoms with Gasteiger partial charge in [0.25, 0.3) is 0 Å². The predicted molar refractivity (Wildman–Crippen MR) is 82.7 cm³/mol. The van der Waals surface area contributed by atoms with Crippen LogP contribution < -0.4 is 4.74 Å². The van der Waals surface area contributed by atoms with E-state index >= 15 is 0 Å². The lowest BCUT2D eigenvalue weighted by Gasteiger charge is -2.24. The summed E-state index contributed by atoms with van der Waals surface area (Å²) >= 11 is 3.61. The van der Waals surface area contributed by atoms with Gasteiger partial charge in [0.05, 0.1) is 13.7 Å². The summed E-state index contributed by atoms with van der Waals surface area (Å²) in [6.07, 6.45) is 0. The standard InChI is InChI=1S/C15H24BrNO2/c1-12(2)10-17(7-8-18-3)11-13-9-14(19-4)5-6-15(13)16/h5-6,9,12H,7-8,10-11H2,1-4H3. The van der Waals surface area contributed by atoms with Crippen molar-refractivity contribution in [3.05, 3.63) is 28.2 Å². The summed E-state index contributed by atoms with van der Waals surface area (Å²) in [5, 5.41) is 0. The van der Waals surface area contributed by atoms with Crippen LogP contribution >= 0.6 is 15.9 Å². The third-order valence-corrected chi connectivity index (χ3v) is 3.66. The molecule has 0 amide bonds. The molecule has 19 heavy (non-hydrogen) atoms. The van der Waals surface area contributed by atoms with E-state index in [-0.39, 0.29) is 0 Å². The lowest BCUT2D eigenvalue weighted by Crippen LogP contribution is -2.30. The lowest BCUT2D eigenvalue weighted by atomic mass is 10.1. The summed E-state index contributed by atoms with van der Waals surface area (Å²) < 4.78 is 11.6. The smallest absolute Gasteiger partial charge is 0.119 e. The van der Waals surface area contributed by atoms with Crippen molar-refractivity contribution in [1.82, 2.24) is 4.90 Å². The van der Waals surface area contributed by atoms with Gasteiger partial charge in [-0.05, 0) is 29.7 Å². The van der Waals surface area contributed by atoms with Crippen molar-refractivity contribution in [3.63, 3.8) is 0 Å². The molecule has 0 saturated carbocycles. The van der Waals surface area contributed by atoms with E-state index in [4.69, 9.17) is 9.47 Å². The number of hydrogen-bond acceptors (Lipinski definition) is 3. The lowest BCUT2D eigenvalue weighted by molar-refractivity contribution is 0.136. The highest BCUT2D eigenvalue weighted by Crippen LogP contribution is 2.24. The molecule has 0 N–H and O–H groups in total. The molecule has 0 aliphatic rings. The summed E-state index contributed by atoms with van der Waals surface area (Å²) in [6, 6.07) is 6.10. The van der Waals surface area contributed by atoms with Gasteiger partial charge in [0.1, 0.15) is 5.75 Å². The molecule has 1 aromatic carbocycles. The molecule has 1 rings (SSSR count). The molecule has 4 heteroatoms. The van der Waals surface area contributed by atoms with Crippen LogP contribution in [0.25, 0.3) is 0 Å². The fourth-order valence-corrected chi connectivity index (χ4v) is 2.38. The first-order chi connectivity index (χ1) is 9.06. The summed E-state index contributed by atoms with van der Waals surface area (Å²) in [5.74, 6) is 1.54. The number of halogens is 1. The SMILES string of the molecule is COCCN(Cc1cc(OC)ccc1Br)CC(C)C. The van der Waals surface area contributed by atoms with E-state index in [9.17, 15) is 0 Å². The largest absolute Gasteiger partial charge is 0.497 e. The minimum Gasteiger partial charge on any atom is -0.497 e. The second-order valence-electron chi connectivity index (χ2n) is 5.08. The monoisotopic (exact) mass is 329 g/mol. The highest BCUT2D eigenvalue weighted by molar-refractivity contribution is 9.10. The van der Waals surface area contributed by atoms with Crippen molar-refractivity contribution in [2.45, 2.75) is 20.4 Å². The first-order valence-electron chi connectivity index (χ1n) is 6.60. The molecule has 108 valence electrons. The van der Waals surface area contributed by atoms with E-state index in [2.05, 4.69) is 40.7 Å². The average Bonchev–Trinajstić information content (AvgIpc) is 2.37. The maximum absolute atomic E-state index is 5.29. The number of rotatable bonds is 8. The summed E-state index contributed by atoms with van der Waals surface area (Å²) in [5.41, 5.74) is 1.25. The zero-order valence-corrected chi connectivity index (χ0v) is 13.9. The summed E-state index contributed by atoms with van der Waals surface area (Å²) in [4.78, 5) is 2.41. The van der Waals surface area contributed by atoms with Gasteiger partial charge in [0.2, 0.25) is 0 Å². The van der Waals surface area contributed by atoms with Crippen LogP contribution in [0, 0.1) is 5.92 Å². The minimum atomic E-state index is 0.640. The van der Waals surface area contributed by atoms with E-state index in [1.54, 1.807) is 14.2 Å². The summed E-state index contributed by atoms with van der Waals surface area (Å²) in [7, 11) is 3.44. The van der Waals surface area contributed by atoms with Gasteiger partial charge in [-0.2, -0.15) is 0 Å². The maximum Gasteiger partial charge on any atom is 0.119 e. The van der Waals surface area contributed by atoms with Gasteiger partial charge in [-0.25, -0.2) is 0 Å². The molecule has 0 aromatic heterocycles. The molecular weight excluding hydrogens is 306 g/mol. The van der Waals surface area contributed by atoms with Crippen molar-refractivity contribution >= 4 is 15.9 Å². The zero-order chi connectivity index (χ0) is 14.3. The molecule has 0 radical (unpaired) electrons. The van der Waals surface area contributed by atoms with Crippen LogP contribution in [0.3, 0.4) is 0 Å². The molecule has 0 aliphatic heterocycles. The molecule has 0 heterocycles. The highest BCUT2D eigenvalue weighted by Gasteiger charge is 2.11. The van der Waals surface area contributed by atoms with E-state index < -0.39 is 0 Å². The van der Waals surface area contributed by atoms with Crippen molar-refractivity contribution in [3.8, 4) is 5.75 Å². The minimum absolute atomic E-state index is 0.640.